The number of carbonyl (C=O) groups is 1. The maximum atomic E-state index is 11.1. The quantitative estimate of drug-likeness (QED) is 0.574. The van der Waals surface area contributed by atoms with Crippen LogP contribution in [0.3, 0.4) is 0 Å². The van der Waals surface area contributed by atoms with Gasteiger partial charge in [-0.1, -0.05) is 11.8 Å². The number of rotatable bonds is 3. The van der Waals surface area contributed by atoms with E-state index in [9.17, 15) is 4.79 Å². The van der Waals surface area contributed by atoms with Crippen LogP contribution in [0.25, 0.3) is 0 Å². The Hall–Kier alpha value is -0.550. The second-order valence-electron chi connectivity index (χ2n) is 2.54. The molecule has 0 saturated heterocycles. The minimum atomic E-state index is -0.210. The zero-order valence-corrected chi connectivity index (χ0v) is 9.37. The van der Waals surface area contributed by atoms with E-state index in [1.165, 1.54) is 18.9 Å². The summed E-state index contributed by atoms with van der Waals surface area (Å²) in [6.07, 6.45) is 0. The van der Waals surface area contributed by atoms with Gasteiger partial charge in [0.2, 0.25) is 0 Å². The number of thioether (sulfide) groups is 1. The van der Waals surface area contributed by atoms with Crippen LogP contribution in [0.4, 0.5) is 0 Å². The van der Waals surface area contributed by atoms with Crippen molar-refractivity contribution in [2.45, 2.75) is 23.4 Å². The second-order valence-corrected chi connectivity index (χ2v) is 4.98. The number of hydrogen-bond acceptors (Lipinski definition) is 5. The zero-order chi connectivity index (χ0) is 9.84. The molecule has 1 heterocycles. The molecule has 0 spiro atoms. The molecule has 0 aromatic carbocycles. The summed E-state index contributed by atoms with van der Waals surface area (Å²) in [6.45, 7) is 3.75. The van der Waals surface area contributed by atoms with Crippen molar-refractivity contribution in [1.29, 1.82) is 0 Å². The third-order valence-corrected chi connectivity index (χ3v) is 3.58. The van der Waals surface area contributed by atoms with E-state index in [0.717, 1.165) is 10.0 Å². The Bertz CT molecular complexity index is 298. The molecule has 0 N–H and O–H groups in total. The predicted octanol–water partition coefficient (Wildman–Crippen LogP) is 2.11. The largest absolute Gasteiger partial charge is 0.468 e. The molecule has 0 saturated carbocycles. The summed E-state index contributed by atoms with van der Waals surface area (Å²) in [4.78, 5) is 15.3. The van der Waals surface area contributed by atoms with Crippen LogP contribution in [0.5, 0.6) is 0 Å². The average molecular weight is 217 g/mol. The normalized spacial score (nSPS) is 12.5. The summed E-state index contributed by atoms with van der Waals surface area (Å²) in [6, 6.07) is 0. The molecule has 13 heavy (non-hydrogen) atoms. The lowest BCUT2D eigenvalue weighted by atomic mass is 10.5. The van der Waals surface area contributed by atoms with E-state index in [4.69, 9.17) is 0 Å². The maximum Gasteiger partial charge on any atom is 0.318 e. The molecule has 1 rings (SSSR count). The molecule has 0 aliphatic heterocycles. The van der Waals surface area contributed by atoms with Crippen molar-refractivity contribution in [2.75, 3.05) is 7.11 Å². The first-order valence-corrected chi connectivity index (χ1v) is 5.56. The van der Waals surface area contributed by atoms with Crippen molar-refractivity contribution >= 4 is 29.1 Å². The molecule has 0 radical (unpaired) electrons. The smallest absolute Gasteiger partial charge is 0.318 e. The molecule has 0 aliphatic carbocycles. The number of ether oxygens (including phenoxy) is 1. The fourth-order valence-corrected chi connectivity index (χ4v) is 2.76. The summed E-state index contributed by atoms with van der Waals surface area (Å²) in [5.41, 5.74) is 0.990. The summed E-state index contributed by atoms with van der Waals surface area (Å²) in [7, 11) is 1.40. The number of thiazole rings is 1. The Morgan fingerprint density at radius 2 is 2.46 bits per heavy atom. The highest BCUT2D eigenvalue weighted by Gasteiger charge is 2.15. The van der Waals surface area contributed by atoms with Gasteiger partial charge in [-0.25, -0.2) is 4.98 Å². The van der Waals surface area contributed by atoms with Crippen LogP contribution in [0, 0.1) is 6.92 Å². The lowest BCUT2D eigenvalue weighted by Crippen LogP contribution is -2.14. The number of methoxy groups -OCH3 is 1. The van der Waals surface area contributed by atoms with Gasteiger partial charge in [0.05, 0.1) is 7.11 Å². The summed E-state index contributed by atoms with van der Waals surface area (Å²) < 4.78 is 5.52. The number of carbonyl (C=O) groups excluding carboxylic acids is 1. The molecule has 0 amide bonds. The van der Waals surface area contributed by atoms with Crippen molar-refractivity contribution in [3.63, 3.8) is 0 Å². The number of esters is 1. The van der Waals surface area contributed by atoms with Gasteiger partial charge >= 0.3 is 5.97 Å². The minimum Gasteiger partial charge on any atom is -0.468 e. The number of aryl methyl sites for hydroxylation is 1. The molecule has 3 nitrogen and oxygen atoms in total. The van der Waals surface area contributed by atoms with E-state index in [1.54, 1.807) is 11.3 Å². The van der Waals surface area contributed by atoms with Gasteiger partial charge in [0, 0.05) is 11.1 Å². The molecule has 0 aliphatic rings. The molecule has 1 aromatic rings. The van der Waals surface area contributed by atoms with E-state index >= 15 is 0 Å². The van der Waals surface area contributed by atoms with E-state index in [1.807, 2.05) is 19.2 Å². The third kappa shape index (κ3) is 3.00. The van der Waals surface area contributed by atoms with Crippen LogP contribution >= 0.6 is 23.1 Å². The lowest BCUT2D eigenvalue weighted by Gasteiger charge is -2.05. The van der Waals surface area contributed by atoms with Gasteiger partial charge in [0.15, 0.2) is 4.34 Å². The van der Waals surface area contributed by atoms with Crippen LogP contribution in [0.15, 0.2) is 9.72 Å². The second kappa shape index (κ2) is 4.62. The van der Waals surface area contributed by atoms with Gasteiger partial charge < -0.3 is 4.74 Å². The molecule has 0 bridgehead atoms. The van der Waals surface area contributed by atoms with Gasteiger partial charge in [-0.15, -0.1) is 11.3 Å². The van der Waals surface area contributed by atoms with Crippen LogP contribution < -0.4 is 0 Å². The van der Waals surface area contributed by atoms with Crippen molar-refractivity contribution < 1.29 is 9.53 Å². The Labute approximate surface area is 85.5 Å². The summed E-state index contributed by atoms with van der Waals surface area (Å²) in [5, 5.41) is 1.78. The van der Waals surface area contributed by atoms with E-state index in [0.29, 0.717) is 0 Å². The first kappa shape index (κ1) is 10.5. The van der Waals surface area contributed by atoms with E-state index in [-0.39, 0.29) is 11.2 Å². The molecule has 5 heteroatoms. The van der Waals surface area contributed by atoms with Crippen LogP contribution in [-0.2, 0) is 9.53 Å². The monoisotopic (exact) mass is 217 g/mol. The average Bonchev–Trinajstić information content (AvgIpc) is 2.49. The first-order valence-electron chi connectivity index (χ1n) is 3.80. The predicted molar refractivity (Wildman–Crippen MR) is 54.2 cm³/mol. The van der Waals surface area contributed by atoms with Crippen molar-refractivity contribution in [3.8, 4) is 0 Å². The Morgan fingerprint density at radius 1 is 1.77 bits per heavy atom. The standard InChI is InChI=1S/C8H11NO2S2/c1-5-4-12-8(9-5)13-6(2)7(10)11-3/h4,6H,1-3H3. The lowest BCUT2D eigenvalue weighted by molar-refractivity contribution is -0.139. The Balaban J connectivity index is 2.54. The van der Waals surface area contributed by atoms with Gasteiger partial charge in [-0.3, -0.25) is 4.79 Å². The van der Waals surface area contributed by atoms with Gasteiger partial charge in [-0.2, -0.15) is 0 Å². The van der Waals surface area contributed by atoms with Gasteiger partial charge in [-0.05, 0) is 13.8 Å². The van der Waals surface area contributed by atoms with Crippen LogP contribution in [0.2, 0.25) is 0 Å². The highest BCUT2D eigenvalue weighted by atomic mass is 32.2. The van der Waals surface area contributed by atoms with Gasteiger partial charge in [0.1, 0.15) is 5.25 Å². The van der Waals surface area contributed by atoms with Crippen molar-refractivity contribution in [3.05, 3.63) is 11.1 Å². The molecule has 72 valence electrons. The van der Waals surface area contributed by atoms with Crippen LogP contribution in [-0.4, -0.2) is 23.3 Å². The van der Waals surface area contributed by atoms with Gasteiger partial charge in [0.25, 0.3) is 0 Å². The minimum absolute atomic E-state index is 0.185. The summed E-state index contributed by atoms with van der Waals surface area (Å²) >= 11 is 2.98. The molecule has 1 atom stereocenters. The topological polar surface area (TPSA) is 39.2 Å². The molecule has 0 fully saturated rings. The highest BCUT2D eigenvalue weighted by molar-refractivity contribution is 8.02. The fraction of sp³-hybridized carbons (Fsp3) is 0.500. The molecule has 1 aromatic heterocycles. The van der Waals surface area contributed by atoms with Crippen LogP contribution in [0.1, 0.15) is 12.6 Å². The number of aromatic nitrogens is 1. The van der Waals surface area contributed by atoms with E-state index in [2.05, 4.69) is 9.72 Å². The first-order chi connectivity index (χ1) is 6.13. The summed E-state index contributed by atoms with van der Waals surface area (Å²) in [5.74, 6) is -0.210. The van der Waals surface area contributed by atoms with Crippen molar-refractivity contribution in [2.24, 2.45) is 0 Å². The highest BCUT2D eigenvalue weighted by Crippen LogP contribution is 2.26. The number of hydrogen-bond donors (Lipinski definition) is 0. The SMILES string of the molecule is COC(=O)C(C)Sc1nc(C)cs1. The third-order valence-electron chi connectivity index (χ3n) is 1.41. The zero-order valence-electron chi connectivity index (χ0n) is 7.73. The maximum absolute atomic E-state index is 11.1. The van der Waals surface area contributed by atoms with Crippen molar-refractivity contribution in [1.82, 2.24) is 4.98 Å². The number of nitrogens with zero attached hydrogens (tertiary/aromatic N) is 1. The Kier molecular flexibility index (Phi) is 3.74. The molecule has 1 unspecified atom stereocenters. The molecular weight excluding hydrogens is 206 g/mol. The Morgan fingerprint density at radius 3 is 2.92 bits per heavy atom. The van der Waals surface area contributed by atoms with E-state index < -0.39 is 0 Å². The molecular formula is C8H11NO2S2. The fourth-order valence-electron chi connectivity index (χ4n) is 0.752.